The number of benzene rings is 1. The van der Waals surface area contributed by atoms with E-state index in [1.807, 2.05) is 51.1 Å². The first-order valence-corrected chi connectivity index (χ1v) is 9.52. The van der Waals surface area contributed by atoms with Gasteiger partial charge in [0.25, 0.3) is 0 Å². The summed E-state index contributed by atoms with van der Waals surface area (Å²) in [4.78, 5) is 12.3. The highest BCUT2D eigenvalue weighted by Crippen LogP contribution is 2.20. The average molecular weight is 338 g/mol. The third kappa shape index (κ3) is 6.96. The van der Waals surface area contributed by atoms with Crippen LogP contribution in [0.5, 0.6) is 0 Å². The van der Waals surface area contributed by atoms with Crippen LogP contribution in [0.1, 0.15) is 64.7 Å². The number of nitrogens with one attached hydrogen (secondary N) is 1. The van der Waals surface area contributed by atoms with Crippen molar-refractivity contribution in [3.8, 4) is 0 Å². The van der Waals surface area contributed by atoms with Gasteiger partial charge >= 0.3 is 0 Å². The van der Waals surface area contributed by atoms with E-state index in [0.29, 0.717) is 12.3 Å². The number of hydrogen-bond acceptors (Lipinski definition) is 2. The molecule has 0 aromatic heterocycles. The number of carbonyl (C=O) groups excluding carboxylic acids is 1. The van der Waals surface area contributed by atoms with Crippen LogP contribution in [-0.2, 0) is 11.0 Å². The van der Waals surface area contributed by atoms with Crippen LogP contribution in [-0.4, -0.2) is 20.8 Å². The summed E-state index contributed by atoms with van der Waals surface area (Å²) in [6, 6.07) is 9.57. The summed E-state index contributed by atoms with van der Waals surface area (Å²) >= 11 is 0. The Morgan fingerprint density at radius 3 is 2.17 bits per heavy atom. The lowest BCUT2D eigenvalue weighted by atomic mass is 9.90. The lowest BCUT2D eigenvalue weighted by molar-refractivity contribution is 0.0959. The molecular formula is C19H31NO2S. The minimum Gasteiger partial charge on any atom is -0.294 e. The molecule has 23 heavy (non-hydrogen) atoms. The van der Waals surface area contributed by atoms with Crippen molar-refractivity contribution in [1.29, 1.82) is 0 Å². The average Bonchev–Trinajstić information content (AvgIpc) is 2.46. The molecule has 3 atom stereocenters. The Morgan fingerprint density at radius 2 is 1.70 bits per heavy atom. The molecule has 1 rings (SSSR count). The number of rotatable bonds is 8. The Kier molecular flexibility index (Phi) is 7.62. The van der Waals surface area contributed by atoms with E-state index in [-0.39, 0.29) is 22.5 Å². The summed E-state index contributed by atoms with van der Waals surface area (Å²) < 4.78 is 15.3. The lowest BCUT2D eigenvalue weighted by Gasteiger charge is -2.28. The molecule has 0 aliphatic carbocycles. The number of ketones is 1. The Labute approximate surface area is 143 Å². The van der Waals surface area contributed by atoms with Crippen LogP contribution in [0.25, 0.3) is 0 Å². The Bertz CT molecular complexity index is 520. The fraction of sp³-hybridized carbons (Fsp3) is 0.632. The van der Waals surface area contributed by atoms with Crippen LogP contribution in [0, 0.1) is 11.8 Å². The molecule has 1 N–H and O–H groups in total. The highest BCUT2D eigenvalue weighted by molar-refractivity contribution is 7.84. The highest BCUT2D eigenvalue weighted by Gasteiger charge is 2.26. The Hall–Kier alpha value is -1.00. The van der Waals surface area contributed by atoms with E-state index in [4.69, 9.17) is 0 Å². The second kappa shape index (κ2) is 8.74. The van der Waals surface area contributed by atoms with E-state index < -0.39 is 11.0 Å². The predicted molar refractivity (Wildman–Crippen MR) is 98.8 cm³/mol. The van der Waals surface area contributed by atoms with Gasteiger partial charge in [0.15, 0.2) is 5.78 Å². The first-order chi connectivity index (χ1) is 10.6. The third-order valence-electron chi connectivity index (χ3n) is 3.91. The molecular weight excluding hydrogens is 306 g/mol. The summed E-state index contributed by atoms with van der Waals surface area (Å²) in [6.45, 7) is 12.3. The molecule has 1 unspecified atom stereocenters. The van der Waals surface area contributed by atoms with Gasteiger partial charge in [-0.2, -0.15) is 0 Å². The molecule has 4 heteroatoms. The van der Waals surface area contributed by atoms with Crippen LogP contribution in [0.3, 0.4) is 0 Å². The van der Waals surface area contributed by atoms with E-state index in [1.54, 1.807) is 0 Å². The maximum absolute atomic E-state index is 12.3. The molecule has 1 aromatic carbocycles. The van der Waals surface area contributed by atoms with Crippen molar-refractivity contribution in [2.24, 2.45) is 11.8 Å². The molecule has 1 aromatic rings. The second-order valence-corrected chi connectivity index (χ2v) is 9.68. The molecule has 130 valence electrons. The zero-order valence-corrected chi connectivity index (χ0v) is 16.1. The van der Waals surface area contributed by atoms with Crippen molar-refractivity contribution in [3.63, 3.8) is 0 Å². The van der Waals surface area contributed by atoms with Crippen molar-refractivity contribution in [1.82, 2.24) is 4.72 Å². The van der Waals surface area contributed by atoms with Gasteiger partial charge in [-0.15, -0.1) is 0 Å². The normalized spacial score (nSPS) is 16.1. The van der Waals surface area contributed by atoms with Gasteiger partial charge in [-0.05, 0) is 39.0 Å². The summed E-state index contributed by atoms with van der Waals surface area (Å²) in [7, 11) is -1.09. The van der Waals surface area contributed by atoms with E-state index in [0.717, 1.165) is 12.0 Å². The molecule has 0 fully saturated rings. The van der Waals surface area contributed by atoms with Gasteiger partial charge in [-0.3, -0.25) is 4.79 Å². The molecule has 0 radical (unpaired) electrons. The van der Waals surface area contributed by atoms with Crippen molar-refractivity contribution in [2.75, 3.05) is 0 Å². The molecule has 0 amide bonds. The van der Waals surface area contributed by atoms with Crippen LogP contribution >= 0.6 is 0 Å². The number of Topliss-reactive ketones (excluding diaryl/α,β-unsaturated/α-hetero) is 1. The zero-order valence-electron chi connectivity index (χ0n) is 15.3. The largest absolute Gasteiger partial charge is 0.294 e. The van der Waals surface area contributed by atoms with Crippen molar-refractivity contribution in [3.05, 3.63) is 35.9 Å². The second-order valence-electron chi connectivity index (χ2n) is 7.68. The Balaban J connectivity index is 2.63. The van der Waals surface area contributed by atoms with Crippen LogP contribution in [0.4, 0.5) is 0 Å². The molecule has 3 nitrogen and oxygen atoms in total. The lowest BCUT2D eigenvalue weighted by Crippen LogP contribution is -2.43. The standard InChI is InChI=1S/C19H31NO2S/c1-14(2)17(20-23(22)19(4,5)6)12-15(3)13-18(21)16-10-8-7-9-11-16/h7-11,14-15,17,20H,12-13H2,1-6H3/t15-,17+,23?/m1/s1. The van der Waals surface area contributed by atoms with Crippen LogP contribution in [0.2, 0.25) is 0 Å². The van der Waals surface area contributed by atoms with Gasteiger partial charge < -0.3 is 0 Å². The maximum atomic E-state index is 12.3. The molecule has 0 saturated heterocycles. The van der Waals surface area contributed by atoms with Gasteiger partial charge in [-0.1, -0.05) is 51.1 Å². The van der Waals surface area contributed by atoms with E-state index in [1.165, 1.54) is 0 Å². The summed E-state index contributed by atoms with van der Waals surface area (Å²) in [5, 5.41) is 0. The number of hydrogen-bond donors (Lipinski definition) is 1. The van der Waals surface area contributed by atoms with Crippen molar-refractivity contribution < 1.29 is 9.00 Å². The minimum atomic E-state index is -1.09. The topological polar surface area (TPSA) is 46.2 Å². The smallest absolute Gasteiger partial charge is 0.163 e. The molecule has 0 aliphatic heterocycles. The van der Waals surface area contributed by atoms with E-state index >= 15 is 0 Å². The molecule has 0 bridgehead atoms. The first kappa shape index (κ1) is 20.0. The highest BCUT2D eigenvalue weighted by atomic mass is 32.2. The van der Waals surface area contributed by atoms with Crippen LogP contribution < -0.4 is 4.72 Å². The monoisotopic (exact) mass is 337 g/mol. The molecule has 0 aliphatic rings. The summed E-state index contributed by atoms with van der Waals surface area (Å²) in [5.74, 6) is 0.799. The third-order valence-corrected chi connectivity index (χ3v) is 5.53. The Morgan fingerprint density at radius 1 is 1.13 bits per heavy atom. The summed E-state index contributed by atoms with van der Waals surface area (Å²) in [6.07, 6.45) is 1.37. The van der Waals surface area contributed by atoms with Gasteiger partial charge in [0.2, 0.25) is 0 Å². The van der Waals surface area contributed by atoms with E-state index in [9.17, 15) is 9.00 Å². The zero-order chi connectivity index (χ0) is 17.6. The van der Waals surface area contributed by atoms with Crippen LogP contribution in [0.15, 0.2) is 30.3 Å². The van der Waals surface area contributed by atoms with E-state index in [2.05, 4.69) is 25.5 Å². The minimum absolute atomic E-state index is 0.147. The fourth-order valence-electron chi connectivity index (χ4n) is 2.35. The fourth-order valence-corrected chi connectivity index (χ4v) is 3.34. The van der Waals surface area contributed by atoms with Gasteiger partial charge in [-0.25, -0.2) is 8.93 Å². The predicted octanol–water partition coefficient (Wildman–Crippen LogP) is 4.36. The van der Waals surface area contributed by atoms with Crippen molar-refractivity contribution >= 4 is 16.8 Å². The quantitative estimate of drug-likeness (QED) is 0.716. The van der Waals surface area contributed by atoms with Gasteiger partial charge in [0.1, 0.15) is 0 Å². The molecule has 0 saturated carbocycles. The summed E-state index contributed by atoms with van der Waals surface area (Å²) in [5.41, 5.74) is 0.770. The molecule has 0 spiro atoms. The molecule has 0 heterocycles. The van der Waals surface area contributed by atoms with Crippen molar-refractivity contribution in [2.45, 2.75) is 65.2 Å². The van der Waals surface area contributed by atoms with Gasteiger partial charge in [0.05, 0.1) is 15.7 Å². The SMILES string of the molecule is CC(C)[C@H](C[C@@H](C)CC(=O)c1ccccc1)NS(=O)C(C)(C)C. The first-order valence-electron chi connectivity index (χ1n) is 8.37. The maximum Gasteiger partial charge on any atom is 0.163 e. The number of carbonyl (C=O) groups is 1. The van der Waals surface area contributed by atoms with Gasteiger partial charge in [0, 0.05) is 18.0 Å².